The van der Waals surface area contributed by atoms with E-state index in [1.165, 1.54) is 41.4 Å². The Morgan fingerprint density at radius 1 is 0.767 bits per heavy atom. The predicted octanol–water partition coefficient (Wildman–Crippen LogP) is 7.39. The molecule has 4 saturated heterocycles. The number of phenols is 1. The number of imide groups is 1. The molecule has 0 atom stereocenters. The van der Waals surface area contributed by atoms with Gasteiger partial charge in [0, 0.05) is 85.0 Å². The average molecular weight is 818 g/mol. The van der Waals surface area contributed by atoms with Gasteiger partial charge in [-0.05, 0) is 117 Å². The summed E-state index contributed by atoms with van der Waals surface area (Å²) in [4.78, 5) is 45.2. The number of aromatic hydroxyl groups is 1. The van der Waals surface area contributed by atoms with E-state index in [0.29, 0.717) is 46.0 Å². The highest BCUT2D eigenvalue weighted by Crippen LogP contribution is 2.46. The number of ether oxygens (including phenoxy) is 1. The fourth-order valence-corrected chi connectivity index (χ4v) is 10.3. The number of piperidine rings is 3. The number of hydrazine groups is 1. The highest BCUT2D eigenvalue weighted by Gasteiger charge is 2.46. The zero-order chi connectivity index (χ0) is 41.3. The third-order valence-corrected chi connectivity index (χ3v) is 13.6. The van der Waals surface area contributed by atoms with Gasteiger partial charge in [0.1, 0.15) is 35.6 Å². The lowest BCUT2D eigenvalue weighted by atomic mass is 9.71. The number of hydrogen-bond donors (Lipinski definition) is 1. The van der Waals surface area contributed by atoms with E-state index < -0.39 is 17.5 Å². The van der Waals surface area contributed by atoms with Crippen molar-refractivity contribution in [1.82, 2.24) is 14.9 Å². The number of nitrogens with zero attached hydrogens (tertiary/aromatic N) is 5. The number of hydrogen-bond acceptors (Lipinski definition) is 8. The average Bonchev–Trinajstić information content (AvgIpc) is 3.54. The quantitative estimate of drug-likeness (QED) is 0.193. The van der Waals surface area contributed by atoms with Crippen LogP contribution in [0.4, 0.5) is 24.5 Å². The number of carbonyl (C=O) groups excluding carboxylic acids is 3. The fraction of sp³-hybridized carbons (Fsp3) is 0.383. The van der Waals surface area contributed by atoms with E-state index in [0.717, 1.165) is 87.8 Å². The lowest BCUT2D eigenvalue weighted by molar-refractivity contribution is -0.163. The van der Waals surface area contributed by atoms with Gasteiger partial charge < -0.3 is 24.5 Å². The fourth-order valence-electron chi connectivity index (χ4n) is 10.3. The molecule has 3 amide bonds. The Balaban J connectivity index is 0.741. The molecule has 13 heteroatoms. The first-order chi connectivity index (χ1) is 29.0. The molecule has 6 heterocycles. The molecular weight excluding hydrogens is 772 g/mol. The minimum atomic E-state index is -0.735. The molecule has 1 spiro atoms. The minimum Gasteiger partial charge on any atom is -0.508 e. The molecule has 4 aromatic rings. The molecule has 10 rings (SSSR count). The second kappa shape index (κ2) is 15.0. The molecular formula is C47H46F3N5O5. The van der Waals surface area contributed by atoms with Gasteiger partial charge in [0.15, 0.2) is 0 Å². The van der Waals surface area contributed by atoms with Crippen LogP contribution in [0, 0.1) is 28.8 Å². The Morgan fingerprint density at radius 2 is 1.48 bits per heavy atom. The smallest absolute Gasteiger partial charge is 0.273 e. The number of halogens is 3. The zero-order valence-corrected chi connectivity index (χ0v) is 33.3. The lowest BCUT2D eigenvalue weighted by Crippen LogP contribution is -2.60. The summed E-state index contributed by atoms with van der Waals surface area (Å²) >= 11 is 0. The molecule has 4 fully saturated rings. The van der Waals surface area contributed by atoms with Crippen molar-refractivity contribution in [2.24, 2.45) is 11.3 Å². The highest BCUT2D eigenvalue weighted by molar-refractivity contribution is 6.05. The summed E-state index contributed by atoms with van der Waals surface area (Å²) in [6.45, 7) is 6.57. The van der Waals surface area contributed by atoms with Gasteiger partial charge in [-0.15, -0.1) is 0 Å². The van der Waals surface area contributed by atoms with E-state index >= 15 is 13.2 Å². The Hall–Kier alpha value is -5.82. The minimum absolute atomic E-state index is 0.00994. The van der Waals surface area contributed by atoms with Crippen LogP contribution in [0.5, 0.6) is 11.5 Å². The highest BCUT2D eigenvalue weighted by atomic mass is 19.1. The summed E-state index contributed by atoms with van der Waals surface area (Å²) in [5, 5.41) is 12.5. The van der Waals surface area contributed by atoms with Crippen molar-refractivity contribution in [1.29, 1.82) is 0 Å². The first kappa shape index (κ1) is 38.4. The Bertz CT molecular complexity index is 2410. The van der Waals surface area contributed by atoms with Crippen LogP contribution in [-0.4, -0.2) is 90.2 Å². The predicted molar refractivity (Wildman–Crippen MR) is 220 cm³/mol. The molecule has 0 aromatic heterocycles. The number of benzene rings is 4. The van der Waals surface area contributed by atoms with E-state index in [1.54, 1.807) is 18.2 Å². The summed E-state index contributed by atoms with van der Waals surface area (Å²) < 4.78 is 52.1. The lowest BCUT2D eigenvalue weighted by Gasteiger charge is -2.55. The molecule has 0 aliphatic carbocycles. The second-order valence-electron chi connectivity index (χ2n) is 17.3. The van der Waals surface area contributed by atoms with Gasteiger partial charge >= 0.3 is 0 Å². The third kappa shape index (κ3) is 6.76. The van der Waals surface area contributed by atoms with Gasteiger partial charge in [-0.2, -0.15) is 5.01 Å². The monoisotopic (exact) mass is 817 g/mol. The summed E-state index contributed by atoms with van der Waals surface area (Å²) in [5.41, 5.74) is 4.74. The van der Waals surface area contributed by atoms with Gasteiger partial charge in [-0.3, -0.25) is 14.4 Å². The van der Waals surface area contributed by atoms with E-state index in [4.69, 9.17) is 4.74 Å². The molecule has 6 aliphatic heterocycles. The maximum absolute atomic E-state index is 16.1. The van der Waals surface area contributed by atoms with Crippen LogP contribution in [0.15, 0.2) is 72.8 Å². The van der Waals surface area contributed by atoms with Crippen molar-refractivity contribution >= 4 is 40.2 Å². The zero-order valence-electron chi connectivity index (χ0n) is 33.3. The van der Waals surface area contributed by atoms with Crippen LogP contribution in [0.1, 0.15) is 77.6 Å². The van der Waals surface area contributed by atoms with E-state index in [2.05, 4.69) is 14.7 Å². The molecule has 310 valence electrons. The summed E-state index contributed by atoms with van der Waals surface area (Å²) in [6.07, 6.45) is 5.22. The van der Waals surface area contributed by atoms with Crippen molar-refractivity contribution < 1.29 is 37.4 Å². The van der Waals surface area contributed by atoms with Gasteiger partial charge in [-0.1, -0.05) is 12.1 Å². The van der Waals surface area contributed by atoms with E-state index in [1.807, 2.05) is 18.2 Å². The third-order valence-electron chi connectivity index (χ3n) is 13.6. The van der Waals surface area contributed by atoms with Gasteiger partial charge in [0.25, 0.3) is 5.91 Å². The van der Waals surface area contributed by atoms with E-state index in [9.17, 15) is 19.5 Å². The molecule has 10 nitrogen and oxygen atoms in total. The first-order valence-corrected chi connectivity index (χ1v) is 21.0. The summed E-state index contributed by atoms with van der Waals surface area (Å²) in [6, 6.07) is 19.1. The number of carbonyl (C=O) groups is 3. The summed E-state index contributed by atoms with van der Waals surface area (Å²) in [7, 11) is 0. The molecule has 0 bridgehead atoms. The van der Waals surface area contributed by atoms with Crippen molar-refractivity contribution in [2.45, 2.75) is 51.5 Å². The number of rotatable bonds is 7. The van der Waals surface area contributed by atoms with Gasteiger partial charge in [0.2, 0.25) is 11.8 Å². The molecule has 1 N–H and O–H groups in total. The van der Waals surface area contributed by atoms with Crippen LogP contribution < -0.4 is 14.5 Å². The number of anilines is 2. The molecule has 0 unspecified atom stereocenters. The molecule has 4 aromatic carbocycles. The standard InChI is InChI=1S/C47H46F3N5O5/c48-37-3-1-4-38(49)45(37)36-26-60-41-23-33(56)9-11-35(41)44(36)30-7-12-40(39(50)22-30)52-17-13-29(14-18-52)24-51-19-15-47(16-20-51)27-53(28-47)32-8-10-34-31(21-32)25-54(46(34)59)55-42(57)5-2-6-43(55)58/h1,3-4,7-12,21-23,29,56H,2,5-6,13-20,24-28H2. The SMILES string of the molecule is O=C1c2ccc(N3CC4(CCN(CC5CCN(c6ccc(C7=C(c8c(F)cccc8F)COc8cc(O)ccc87)cc6F)CC5)CC4)C3)cc2CN1N1C(=O)CCCC1=O. The van der Waals surface area contributed by atoms with Crippen LogP contribution in [-0.2, 0) is 16.1 Å². The number of fused-ring (bicyclic) bond motifs is 2. The first-order valence-electron chi connectivity index (χ1n) is 21.0. The van der Waals surface area contributed by atoms with Crippen molar-refractivity contribution in [3.05, 3.63) is 118 Å². The molecule has 0 saturated carbocycles. The molecule has 6 aliphatic rings. The molecule has 0 radical (unpaired) electrons. The Morgan fingerprint density at radius 3 is 2.20 bits per heavy atom. The van der Waals surface area contributed by atoms with Crippen LogP contribution in [0.3, 0.4) is 0 Å². The largest absolute Gasteiger partial charge is 0.508 e. The number of likely N-dealkylation sites (tertiary alicyclic amines) is 1. The van der Waals surface area contributed by atoms with Crippen molar-refractivity contribution in [2.75, 3.05) is 62.2 Å². The normalized spacial score (nSPS) is 20.8. The van der Waals surface area contributed by atoms with Crippen molar-refractivity contribution in [3.63, 3.8) is 0 Å². The Kier molecular flexibility index (Phi) is 9.61. The van der Waals surface area contributed by atoms with E-state index in [-0.39, 0.29) is 66.0 Å². The number of amides is 3. The van der Waals surface area contributed by atoms with Gasteiger partial charge in [0.05, 0.1) is 17.8 Å². The molecule has 60 heavy (non-hydrogen) atoms. The Labute approximate surface area is 346 Å². The van der Waals surface area contributed by atoms with Crippen molar-refractivity contribution in [3.8, 4) is 11.5 Å². The second-order valence-corrected chi connectivity index (χ2v) is 17.3. The van der Waals surface area contributed by atoms with Crippen LogP contribution in [0.2, 0.25) is 0 Å². The van der Waals surface area contributed by atoms with Gasteiger partial charge in [-0.25, -0.2) is 18.2 Å². The topological polar surface area (TPSA) is 96.9 Å². The van der Waals surface area contributed by atoms with Crippen LogP contribution >= 0.6 is 0 Å². The van der Waals surface area contributed by atoms with Crippen LogP contribution in [0.25, 0.3) is 11.1 Å². The maximum Gasteiger partial charge on any atom is 0.273 e. The number of phenolic OH excluding ortho intramolecular Hbond substituents is 1. The summed E-state index contributed by atoms with van der Waals surface area (Å²) in [5.74, 6) is -1.94. The maximum atomic E-state index is 16.1.